The molecule has 0 radical (unpaired) electrons. The molecule has 0 fully saturated rings. The van der Waals surface area contributed by atoms with Crippen LogP contribution in [0.15, 0.2) is 41.6 Å². The van der Waals surface area contributed by atoms with Gasteiger partial charge in [-0.3, -0.25) is 0 Å². The fourth-order valence-electron chi connectivity index (χ4n) is 1.87. The molecule has 0 saturated heterocycles. The van der Waals surface area contributed by atoms with Crippen LogP contribution in [0.4, 0.5) is 10.1 Å². The largest absolute Gasteiger partial charge is 0.377 e. The molecule has 0 aliphatic rings. The van der Waals surface area contributed by atoms with Gasteiger partial charge in [-0.2, -0.15) is 0 Å². The molecule has 4 nitrogen and oxygen atoms in total. The number of pyridine rings is 1. The highest BCUT2D eigenvalue weighted by atomic mass is 35.5. The minimum atomic E-state index is -3.31. The third-order valence-electron chi connectivity index (χ3n) is 2.93. The Morgan fingerprint density at radius 2 is 2.00 bits per heavy atom. The van der Waals surface area contributed by atoms with E-state index in [4.69, 9.17) is 11.6 Å². The maximum atomic E-state index is 13.0. The Morgan fingerprint density at radius 3 is 2.52 bits per heavy atom. The van der Waals surface area contributed by atoms with Crippen molar-refractivity contribution in [2.24, 2.45) is 0 Å². The van der Waals surface area contributed by atoms with E-state index in [9.17, 15) is 12.8 Å². The molecule has 1 aromatic carbocycles. The van der Waals surface area contributed by atoms with Crippen molar-refractivity contribution in [1.82, 2.24) is 4.98 Å². The lowest BCUT2D eigenvalue weighted by atomic mass is 10.1. The van der Waals surface area contributed by atoms with Crippen LogP contribution in [0.3, 0.4) is 0 Å². The molecule has 0 amide bonds. The van der Waals surface area contributed by atoms with Gasteiger partial charge in [0.15, 0.2) is 14.9 Å². The van der Waals surface area contributed by atoms with E-state index in [1.54, 1.807) is 12.1 Å². The molecule has 0 aliphatic heterocycles. The Balaban J connectivity index is 2.18. The van der Waals surface area contributed by atoms with E-state index in [0.717, 1.165) is 11.8 Å². The van der Waals surface area contributed by atoms with Crippen molar-refractivity contribution >= 4 is 27.1 Å². The summed E-state index contributed by atoms with van der Waals surface area (Å²) in [6, 6.07) is 7.07. The number of hydrogen-bond donors (Lipinski definition) is 1. The van der Waals surface area contributed by atoms with Gasteiger partial charge in [0.25, 0.3) is 0 Å². The van der Waals surface area contributed by atoms with Crippen LogP contribution in [0, 0.1) is 5.82 Å². The molecular formula is C14H14ClFN2O2S. The molecule has 21 heavy (non-hydrogen) atoms. The van der Waals surface area contributed by atoms with Gasteiger partial charge < -0.3 is 5.32 Å². The lowest BCUT2D eigenvalue weighted by Crippen LogP contribution is -2.08. The molecule has 1 heterocycles. The summed E-state index contributed by atoms with van der Waals surface area (Å²) < 4.78 is 35.7. The summed E-state index contributed by atoms with van der Waals surface area (Å²) in [6.07, 6.45) is 2.54. The van der Waals surface area contributed by atoms with Crippen molar-refractivity contribution in [1.29, 1.82) is 0 Å². The number of hydrogen-bond acceptors (Lipinski definition) is 4. The van der Waals surface area contributed by atoms with Gasteiger partial charge in [-0.15, -0.1) is 0 Å². The molecule has 1 atom stereocenters. The van der Waals surface area contributed by atoms with Gasteiger partial charge in [0.05, 0.1) is 17.9 Å². The summed E-state index contributed by atoms with van der Waals surface area (Å²) in [5, 5.41) is 3.48. The first-order valence-electron chi connectivity index (χ1n) is 6.15. The molecule has 0 spiro atoms. The van der Waals surface area contributed by atoms with Gasteiger partial charge in [-0.25, -0.2) is 17.8 Å². The van der Waals surface area contributed by atoms with Crippen molar-refractivity contribution in [3.63, 3.8) is 0 Å². The second-order valence-electron chi connectivity index (χ2n) is 4.69. The third kappa shape index (κ3) is 3.92. The fraction of sp³-hybridized carbons (Fsp3) is 0.214. The van der Waals surface area contributed by atoms with Crippen LogP contribution in [0.2, 0.25) is 5.02 Å². The summed E-state index contributed by atoms with van der Waals surface area (Å²) in [5.41, 5.74) is 1.39. The van der Waals surface area contributed by atoms with E-state index in [2.05, 4.69) is 10.3 Å². The first kappa shape index (κ1) is 15.7. The van der Waals surface area contributed by atoms with Crippen LogP contribution in [-0.4, -0.2) is 19.7 Å². The summed E-state index contributed by atoms with van der Waals surface area (Å²) in [4.78, 5) is 3.89. The van der Waals surface area contributed by atoms with Crippen LogP contribution in [-0.2, 0) is 9.84 Å². The zero-order valence-corrected chi connectivity index (χ0v) is 13.0. The zero-order valence-electron chi connectivity index (χ0n) is 11.5. The molecule has 112 valence electrons. The number of rotatable bonds is 4. The number of benzene rings is 1. The van der Waals surface area contributed by atoms with Crippen molar-refractivity contribution in [3.8, 4) is 0 Å². The van der Waals surface area contributed by atoms with Gasteiger partial charge in [0.2, 0.25) is 0 Å². The van der Waals surface area contributed by atoms with E-state index >= 15 is 0 Å². The smallest absolute Gasteiger partial charge is 0.192 e. The Labute approximate surface area is 127 Å². The van der Waals surface area contributed by atoms with Crippen LogP contribution >= 0.6 is 11.6 Å². The highest BCUT2D eigenvalue weighted by Gasteiger charge is 2.12. The summed E-state index contributed by atoms with van der Waals surface area (Å²) >= 11 is 6.00. The molecule has 0 bridgehead atoms. The third-order valence-corrected chi connectivity index (χ3v) is 4.26. The van der Waals surface area contributed by atoms with Crippen LogP contribution in [0.5, 0.6) is 0 Å². The zero-order chi connectivity index (χ0) is 15.6. The standard InChI is InChI=1S/C14H14ClFN2O2S/c1-9(12-5-3-10(16)7-13(12)15)18-11-4-6-14(17-8-11)21(2,19)20/h3-9,18H,1-2H3. The SMILES string of the molecule is CC(Nc1ccc(S(C)(=O)=O)nc1)c1ccc(F)cc1Cl. The van der Waals surface area contributed by atoms with Crippen molar-refractivity contribution in [3.05, 3.63) is 52.9 Å². The number of sulfone groups is 1. The van der Waals surface area contributed by atoms with Crippen molar-refractivity contribution < 1.29 is 12.8 Å². The molecular weight excluding hydrogens is 315 g/mol. The average molecular weight is 329 g/mol. The van der Waals surface area contributed by atoms with E-state index < -0.39 is 15.7 Å². The lowest BCUT2D eigenvalue weighted by molar-refractivity contribution is 0.598. The predicted molar refractivity (Wildman–Crippen MR) is 80.8 cm³/mol. The number of halogens is 2. The van der Waals surface area contributed by atoms with Crippen LogP contribution < -0.4 is 5.32 Å². The molecule has 1 N–H and O–H groups in total. The molecule has 7 heteroatoms. The van der Waals surface area contributed by atoms with E-state index in [-0.39, 0.29) is 11.1 Å². The molecule has 2 aromatic rings. The highest BCUT2D eigenvalue weighted by Crippen LogP contribution is 2.26. The van der Waals surface area contributed by atoms with Gasteiger partial charge in [-0.1, -0.05) is 17.7 Å². The number of nitrogens with one attached hydrogen (secondary N) is 1. The Kier molecular flexibility index (Phi) is 4.49. The molecule has 1 aromatic heterocycles. The topological polar surface area (TPSA) is 59.1 Å². The first-order chi connectivity index (χ1) is 9.77. The van der Waals surface area contributed by atoms with E-state index in [1.165, 1.54) is 24.4 Å². The molecule has 2 rings (SSSR count). The monoisotopic (exact) mass is 328 g/mol. The lowest BCUT2D eigenvalue weighted by Gasteiger charge is -2.17. The van der Waals surface area contributed by atoms with Gasteiger partial charge in [0.1, 0.15) is 5.82 Å². The minimum Gasteiger partial charge on any atom is -0.377 e. The maximum absolute atomic E-state index is 13.0. The van der Waals surface area contributed by atoms with Crippen LogP contribution in [0.25, 0.3) is 0 Å². The summed E-state index contributed by atoms with van der Waals surface area (Å²) in [6.45, 7) is 1.86. The predicted octanol–water partition coefficient (Wildman–Crippen LogP) is 3.45. The van der Waals surface area contributed by atoms with Crippen LogP contribution in [0.1, 0.15) is 18.5 Å². The molecule has 0 aliphatic carbocycles. The molecule has 1 unspecified atom stereocenters. The maximum Gasteiger partial charge on any atom is 0.192 e. The Bertz CT molecular complexity index is 748. The second-order valence-corrected chi connectivity index (χ2v) is 7.06. The minimum absolute atomic E-state index is 0.0144. The number of anilines is 1. The second kappa shape index (κ2) is 5.99. The summed E-state index contributed by atoms with van der Waals surface area (Å²) in [7, 11) is -3.31. The van der Waals surface area contributed by atoms with Crippen molar-refractivity contribution in [2.45, 2.75) is 18.0 Å². The quantitative estimate of drug-likeness (QED) is 0.934. The van der Waals surface area contributed by atoms with Crippen molar-refractivity contribution in [2.75, 3.05) is 11.6 Å². The Morgan fingerprint density at radius 1 is 1.29 bits per heavy atom. The fourth-order valence-corrected chi connectivity index (χ4v) is 2.76. The van der Waals surface area contributed by atoms with Gasteiger partial charge in [-0.05, 0) is 36.8 Å². The first-order valence-corrected chi connectivity index (χ1v) is 8.42. The highest BCUT2D eigenvalue weighted by molar-refractivity contribution is 7.90. The Hall–Kier alpha value is -1.66. The average Bonchev–Trinajstić information content (AvgIpc) is 2.38. The number of aromatic nitrogens is 1. The van der Waals surface area contributed by atoms with Gasteiger partial charge in [0, 0.05) is 11.3 Å². The normalized spacial score (nSPS) is 13.0. The van der Waals surface area contributed by atoms with Gasteiger partial charge >= 0.3 is 0 Å². The van der Waals surface area contributed by atoms with E-state index in [0.29, 0.717) is 10.7 Å². The number of nitrogens with zero attached hydrogens (tertiary/aromatic N) is 1. The molecule has 0 saturated carbocycles. The summed E-state index contributed by atoms with van der Waals surface area (Å²) in [5.74, 6) is -0.393. The van der Waals surface area contributed by atoms with E-state index in [1.807, 2.05) is 6.92 Å².